The third-order valence-corrected chi connectivity index (χ3v) is 4.70. The molecular weight excluding hydrogens is 328 g/mol. The van der Waals surface area contributed by atoms with Crippen LogP contribution in [0.2, 0.25) is 0 Å². The molecule has 1 heterocycles. The molecule has 7 heteroatoms. The summed E-state index contributed by atoms with van der Waals surface area (Å²) in [6.45, 7) is 1.89. The number of rotatable bonds is 4. The number of nitrogens with one attached hydrogen (secondary N) is 1. The Morgan fingerprint density at radius 3 is 2.67 bits per heavy atom. The first-order valence-electron chi connectivity index (χ1n) is 7.73. The molecular formula is C17H20N2O4S. The predicted molar refractivity (Wildman–Crippen MR) is 92.7 cm³/mol. The summed E-state index contributed by atoms with van der Waals surface area (Å²) >= 11 is 5.51. The van der Waals surface area contributed by atoms with Gasteiger partial charge in [0.2, 0.25) is 0 Å². The molecule has 0 bridgehead atoms. The van der Waals surface area contributed by atoms with Crippen LogP contribution >= 0.6 is 12.2 Å². The summed E-state index contributed by atoms with van der Waals surface area (Å²) < 4.78 is 10.2. The van der Waals surface area contributed by atoms with Gasteiger partial charge in [0.05, 0.1) is 25.8 Å². The van der Waals surface area contributed by atoms with Crippen molar-refractivity contribution >= 4 is 23.3 Å². The van der Waals surface area contributed by atoms with Gasteiger partial charge in [-0.3, -0.25) is 0 Å². The van der Waals surface area contributed by atoms with Gasteiger partial charge in [-0.25, -0.2) is 4.79 Å². The van der Waals surface area contributed by atoms with Crippen LogP contribution in [-0.2, 0) is 9.53 Å². The lowest BCUT2D eigenvalue weighted by atomic mass is 9.94. The van der Waals surface area contributed by atoms with Gasteiger partial charge < -0.3 is 24.8 Å². The Hall–Kier alpha value is -2.28. The predicted octanol–water partition coefficient (Wildman–Crippen LogP) is 2.24. The highest BCUT2D eigenvalue weighted by atomic mass is 32.1. The van der Waals surface area contributed by atoms with Crippen LogP contribution in [0, 0.1) is 0 Å². The van der Waals surface area contributed by atoms with E-state index in [9.17, 15) is 9.90 Å². The van der Waals surface area contributed by atoms with Crippen LogP contribution in [0.15, 0.2) is 29.5 Å². The fraction of sp³-hybridized carbons (Fsp3) is 0.412. The quantitative estimate of drug-likeness (QED) is 0.639. The van der Waals surface area contributed by atoms with E-state index in [0.717, 1.165) is 24.1 Å². The zero-order valence-corrected chi connectivity index (χ0v) is 14.6. The zero-order valence-electron chi connectivity index (χ0n) is 13.8. The normalized spacial score (nSPS) is 20.7. The largest absolute Gasteiger partial charge is 0.504 e. The monoisotopic (exact) mass is 348 g/mol. The molecule has 0 radical (unpaired) electrons. The van der Waals surface area contributed by atoms with Gasteiger partial charge in [-0.1, -0.05) is 6.07 Å². The first-order chi connectivity index (χ1) is 11.5. The molecule has 0 aromatic heterocycles. The molecule has 1 aliphatic heterocycles. The molecule has 1 aliphatic carbocycles. The van der Waals surface area contributed by atoms with Crippen LogP contribution in [0.3, 0.4) is 0 Å². The van der Waals surface area contributed by atoms with Crippen LogP contribution in [0.25, 0.3) is 0 Å². The molecule has 0 amide bonds. The number of phenols is 1. The van der Waals surface area contributed by atoms with E-state index in [1.54, 1.807) is 12.1 Å². The molecule has 6 nitrogen and oxygen atoms in total. The van der Waals surface area contributed by atoms with Gasteiger partial charge in [0.15, 0.2) is 16.6 Å². The van der Waals surface area contributed by atoms with Crippen molar-refractivity contribution in [3.05, 3.63) is 35.0 Å². The number of carbonyl (C=O) groups is 1. The molecule has 0 spiro atoms. The zero-order chi connectivity index (χ0) is 17.4. The van der Waals surface area contributed by atoms with Crippen molar-refractivity contribution < 1.29 is 19.4 Å². The minimum Gasteiger partial charge on any atom is -0.504 e. The highest BCUT2D eigenvalue weighted by molar-refractivity contribution is 7.80. The molecule has 128 valence electrons. The number of carbonyl (C=O) groups excluding carboxylic acids is 1. The summed E-state index contributed by atoms with van der Waals surface area (Å²) in [7, 11) is 2.85. The smallest absolute Gasteiger partial charge is 0.337 e. The van der Waals surface area contributed by atoms with Gasteiger partial charge in [0, 0.05) is 11.7 Å². The lowest BCUT2D eigenvalue weighted by Crippen LogP contribution is -2.48. The van der Waals surface area contributed by atoms with Crippen molar-refractivity contribution in [2.45, 2.75) is 31.8 Å². The van der Waals surface area contributed by atoms with Crippen molar-refractivity contribution in [3.8, 4) is 11.5 Å². The van der Waals surface area contributed by atoms with E-state index in [0.29, 0.717) is 22.5 Å². The second kappa shape index (κ2) is 6.32. The third kappa shape index (κ3) is 2.80. The van der Waals surface area contributed by atoms with Crippen LogP contribution in [0.5, 0.6) is 11.5 Å². The van der Waals surface area contributed by atoms with E-state index in [4.69, 9.17) is 21.7 Å². The standard InChI is InChI=1S/C17H20N2O4S/c1-9-14(16(21)23-3)15(18-17(24)19(9)11-5-6-11)10-4-7-12(20)13(8-10)22-2/h4,7-8,11,15,20H,5-6H2,1-3H3,(H,18,24)/t15-/m0/s1. The third-order valence-electron chi connectivity index (χ3n) is 4.38. The van der Waals surface area contributed by atoms with Crippen molar-refractivity contribution in [1.29, 1.82) is 0 Å². The van der Waals surface area contributed by atoms with Gasteiger partial charge in [0.1, 0.15) is 0 Å². The maximum Gasteiger partial charge on any atom is 0.337 e. The van der Waals surface area contributed by atoms with Crippen LogP contribution in [-0.4, -0.2) is 41.3 Å². The number of aromatic hydroxyl groups is 1. The number of phenolic OH excluding ortho intramolecular Hbond substituents is 1. The van der Waals surface area contributed by atoms with Crippen molar-refractivity contribution in [3.63, 3.8) is 0 Å². The number of thiocarbonyl (C=S) groups is 1. The molecule has 1 aromatic carbocycles. The first-order valence-corrected chi connectivity index (χ1v) is 8.14. The lowest BCUT2D eigenvalue weighted by Gasteiger charge is -2.37. The van der Waals surface area contributed by atoms with E-state index >= 15 is 0 Å². The summed E-state index contributed by atoms with van der Waals surface area (Å²) in [4.78, 5) is 14.4. The summed E-state index contributed by atoms with van der Waals surface area (Å²) in [5.41, 5.74) is 2.10. The molecule has 0 saturated heterocycles. The number of esters is 1. The van der Waals surface area contributed by atoms with E-state index < -0.39 is 12.0 Å². The van der Waals surface area contributed by atoms with Gasteiger partial charge in [0.25, 0.3) is 0 Å². The van der Waals surface area contributed by atoms with Gasteiger partial charge in [-0.2, -0.15) is 0 Å². The van der Waals surface area contributed by atoms with E-state index in [1.807, 2.05) is 11.8 Å². The van der Waals surface area contributed by atoms with E-state index in [-0.39, 0.29) is 5.75 Å². The number of nitrogens with zero attached hydrogens (tertiary/aromatic N) is 1. The lowest BCUT2D eigenvalue weighted by molar-refractivity contribution is -0.136. The number of hydrogen-bond donors (Lipinski definition) is 2. The highest BCUT2D eigenvalue weighted by Gasteiger charge is 2.40. The number of methoxy groups -OCH3 is 2. The maximum atomic E-state index is 12.4. The minimum absolute atomic E-state index is 0.0413. The topological polar surface area (TPSA) is 71.0 Å². The fourth-order valence-electron chi connectivity index (χ4n) is 3.03. The average Bonchev–Trinajstić information content (AvgIpc) is 3.39. The molecule has 2 aliphatic rings. The second-order valence-electron chi connectivity index (χ2n) is 5.91. The maximum absolute atomic E-state index is 12.4. The summed E-state index contributed by atoms with van der Waals surface area (Å²) in [5.74, 6) is -0.0172. The number of benzene rings is 1. The average molecular weight is 348 g/mol. The Morgan fingerprint density at radius 2 is 2.08 bits per heavy atom. The number of allylic oxidation sites excluding steroid dienone is 1. The Bertz CT molecular complexity index is 727. The van der Waals surface area contributed by atoms with Crippen molar-refractivity contribution in [1.82, 2.24) is 10.2 Å². The molecule has 0 unspecified atom stereocenters. The van der Waals surface area contributed by atoms with Gasteiger partial charge >= 0.3 is 5.97 Å². The minimum atomic E-state index is -0.450. The Kier molecular flexibility index (Phi) is 4.36. The van der Waals surface area contributed by atoms with Crippen LogP contribution < -0.4 is 10.1 Å². The van der Waals surface area contributed by atoms with Crippen LogP contribution in [0.1, 0.15) is 31.4 Å². The van der Waals surface area contributed by atoms with Gasteiger partial charge in [-0.05, 0) is 49.7 Å². The van der Waals surface area contributed by atoms with E-state index in [2.05, 4.69) is 5.32 Å². The Morgan fingerprint density at radius 1 is 1.38 bits per heavy atom. The van der Waals surface area contributed by atoms with Crippen LogP contribution in [0.4, 0.5) is 0 Å². The molecule has 24 heavy (non-hydrogen) atoms. The van der Waals surface area contributed by atoms with Crippen molar-refractivity contribution in [2.24, 2.45) is 0 Å². The molecule has 1 aromatic rings. The molecule has 1 fully saturated rings. The Labute approximate surface area is 146 Å². The molecule has 1 atom stereocenters. The summed E-state index contributed by atoms with van der Waals surface area (Å²) in [6.07, 6.45) is 2.12. The fourth-order valence-corrected chi connectivity index (χ4v) is 3.43. The summed E-state index contributed by atoms with van der Waals surface area (Å²) in [6, 6.07) is 4.87. The van der Waals surface area contributed by atoms with Gasteiger partial charge in [-0.15, -0.1) is 0 Å². The molecule has 2 N–H and O–H groups in total. The highest BCUT2D eigenvalue weighted by Crippen LogP contribution is 2.39. The molecule has 3 rings (SSSR count). The SMILES string of the molecule is COC(=O)C1=C(C)N(C2CC2)C(=S)N[C@H]1c1ccc(O)c(OC)c1. The Balaban J connectivity index is 2.08. The summed E-state index contributed by atoms with van der Waals surface area (Å²) in [5, 5.41) is 13.6. The number of ether oxygens (including phenoxy) is 2. The van der Waals surface area contributed by atoms with Crippen molar-refractivity contribution in [2.75, 3.05) is 14.2 Å². The molecule has 1 saturated carbocycles. The second-order valence-corrected chi connectivity index (χ2v) is 6.29. The van der Waals surface area contributed by atoms with E-state index in [1.165, 1.54) is 20.3 Å². The number of hydrogen-bond acceptors (Lipinski definition) is 5. The first kappa shape index (κ1) is 16.6.